The van der Waals surface area contributed by atoms with Crippen molar-refractivity contribution >= 4 is 15.9 Å². The molecule has 2 aliphatic carbocycles. The standard InChI is InChI=1S/C22H30N4O3S/c1-14(2)26-17(13-23-3)11-22(24-26)30(28,29)25-21(27)12-20-18-8-4-6-15(18)10-16-7-5-9-19(16)20/h10-11,14,23H,4-9,12-13H2,1-3H3,(H,25,27). The predicted molar refractivity (Wildman–Crippen MR) is 115 cm³/mol. The molecule has 2 aliphatic rings. The van der Waals surface area contributed by atoms with Gasteiger partial charge in [0.25, 0.3) is 10.0 Å². The summed E-state index contributed by atoms with van der Waals surface area (Å²) >= 11 is 0. The fraction of sp³-hybridized carbons (Fsp3) is 0.545. The van der Waals surface area contributed by atoms with Crippen molar-refractivity contribution in [2.24, 2.45) is 0 Å². The van der Waals surface area contributed by atoms with Crippen LogP contribution in [0.25, 0.3) is 0 Å². The van der Waals surface area contributed by atoms with Crippen molar-refractivity contribution in [1.82, 2.24) is 19.8 Å². The topological polar surface area (TPSA) is 93.1 Å². The van der Waals surface area contributed by atoms with Crippen LogP contribution in [-0.2, 0) is 53.5 Å². The SMILES string of the molecule is CNCc1cc(S(=O)(=O)NC(=O)Cc2c3c(cc4c2CCC4)CCC3)nn1C(C)C. The molecule has 1 aromatic heterocycles. The van der Waals surface area contributed by atoms with Crippen LogP contribution >= 0.6 is 0 Å². The zero-order chi connectivity index (χ0) is 21.5. The van der Waals surface area contributed by atoms with Crippen molar-refractivity contribution < 1.29 is 13.2 Å². The molecule has 0 saturated heterocycles. The average Bonchev–Trinajstić information content (AvgIpc) is 3.40. The minimum Gasteiger partial charge on any atom is -0.314 e. The molecule has 0 unspecified atom stereocenters. The van der Waals surface area contributed by atoms with Crippen molar-refractivity contribution in [3.63, 3.8) is 0 Å². The number of nitrogens with one attached hydrogen (secondary N) is 2. The first kappa shape index (κ1) is 21.1. The summed E-state index contributed by atoms with van der Waals surface area (Å²) in [6.07, 6.45) is 6.37. The number of hydrogen-bond acceptors (Lipinski definition) is 5. The second-order valence-corrected chi connectivity index (χ2v) is 10.2. The molecule has 0 aliphatic heterocycles. The van der Waals surface area contributed by atoms with E-state index in [1.54, 1.807) is 11.7 Å². The van der Waals surface area contributed by atoms with Gasteiger partial charge in [-0.15, -0.1) is 0 Å². The summed E-state index contributed by atoms with van der Waals surface area (Å²) in [6.45, 7) is 4.38. The van der Waals surface area contributed by atoms with Gasteiger partial charge in [0.2, 0.25) is 5.91 Å². The Morgan fingerprint density at radius 3 is 2.30 bits per heavy atom. The number of benzene rings is 1. The van der Waals surface area contributed by atoms with E-state index in [4.69, 9.17) is 0 Å². The van der Waals surface area contributed by atoms with Crippen molar-refractivity contribution in [1.29, 1.82) is 0 Å². The smallest absolute Gasteiger partial charge is 0.283 e. The zero-order valence-electron chi connectivity index (χ0n) is 17.9. The number of aryl methyl sites for hydroxylation is 2. The highest BCUT2D eigenvalue weighted by atomic mass is 32.2. The monoisotopic (exact) mass is 430 g/mol. The van der Waals surface area contributed by atoms with E-state index in [0.29, 0.717) is 6.54 Å². The molecule has 0 bridgehead atoms. The van der Waals surface area contributed by atoms with Gasteiger partial charge in [-0.05, 0) is 87.2 Å². The van der Waals surface area contributed by atoms with Crippen LogP contribution < -0.4 is 10.0 Å². The number of nitrogens with zero attached hydrogens (tertiary/aromatic N) is 2. The molecule has 0 spiro atoms. The summed E-state index contributed by atoms with van der Waals surface area (Å²) in [6, 6.07) is 3.86. The van der Waals surface area contributed by atoms with E-state index in [1.807, 2.05) is 13.8 Å². The van der Waals surface area contributed by atoms with Crippen molar-refractivity contribution in [3.05, 3.63) is 45.6 Å². The molecular weight excluding hydrogens is 400 g/mol. The lowest BCUT2D eigenvalue weighted by Gasteiger charge is -2.15. The Balaban J connectivity index is 1.57. The van der Waals surface area contributed by atoms with Crippen molar-refractivity contribution in [2.75, 3.05) is 7.05 Å². The molecular formula is C22H30N4O3S. The number of rotatable bonds is 7. The van der Waals surface area contributed by atoms with E-state index in [1.165, 1.54) is 28.3 Å². The van der Waals surface area contributed by atoms with Crippen LogP contribution in [0.1, 0.15) is 66.2 Å². The maximum absolute atomic E-state index is 12.9. The molecule has 2 N–H and O–H groups in total. The second kappa shape index (κ2) is 8.15. The number of amides is 1. The molecule has 4 rings (SSSR count). The summed E-state index contributed by atoms with van der Waals surface area (Å²) in [5.41, 5.74) is 7.04. The summed E-state index contributed by atoms with van der Waals surface area (Å²) in [4.78, 5) is 12.8. The Morgan fingerprint density at radius 2 is 1.73 bits per heavy atom. The van der Waals surface area contributed by atoms with E-state index < -0.39 is 15.9 Å². The van der Waals surface area contributed by atoms with E-state index >= 15 is 0 Å². The van der Waals surface area contributed by atoms with Crippen LogP contribution in [0.5, 0.6) is 0 Å². The average molecular weight is 431 g/mol. The first-order valence-corrected chi connectivity index (χ1v) is 12.2. The van der Waals surface area contributed by atoms with Crippen LogP contribution in [0, 0.1) is 0 Å². The van der Waals surface area contributed by atoms with Crippen LogP contribution in [0.4, 0.5) is 0 Å². The molecule has 0 saturated carbocycles. The Hall–Kier alpha value is -2.19. The van der Waals surface area contributed by atoms with Gasteiger partial charge in [-0.25, -0.2) is 4.72 Å². The maximum Gasteiger partial charge on any atom is 0.283 e. The first-order valence-electron chi connectivity index (χ1n) is 10.7. The highest BCUT2D eigenvalue weighted by molar-refractivity contribution is 7.90. The summed E-state index contributed by atoms with van der Waals surface area (Å²) in [5, 5.41) is 7.16. The lowest BCUT2D eigenvalue weighted by molar-refractivity contribution is -0.118. The minimum absolute atomic E-state index is 0.0162. The molecule has 7 nitrogen and oxygen atoms in total. The van der Waals surface area contributed by atoms with Gasteiger partial charge >= 0.3 is 0 Å². The first-order chi connectivity index (χ1) is 14.3. The van der Waals surface area contributed by atoms with Gasteiger partial charge in [0, 0.05) is 18.7 Å². The van der Waals surface area contributed by atoms with E-state index in [0.717, 1.165) is 49.8 Å². The minimum atomic E-state index is -4.02. The molecule has 1 heterocycles. The number of aromatic nitrogens is 2. The number of carbonyl (C=O) groups is 1. The third-order valence-corrected chi connectivity index (χ3v) is 7.34. The van der Waals surface area contributed by atoms with Gasteiger partial charge in [0.15, 0.2) is 5.03 Å². The van der Waals surface area contributed by atoms with Crippen LogP contribution in [-0.4, -0.2) is 31.2 Å². The van der Waals surface area contributed by atoms with Crippen LogP contribution in [0.2, 0.25) is 0 Å². The van der Waals surface area contributed by atoms with Crippen molar-refractivity contribution in [2.45, 2.75) is 76.4 Å². The Bertz CT molecular complexity index is 1050. The lowest BCUT2D eigenvalue weighted by atomic mass is 9.92. The summed E-state index contributed by atoms with van der Waals surface area (Å²) in [7, 11) is -2.22. The molecule has 1 amide bonds. The summed E-state index contributed by atoms with van der Waals surface area (Å²) in [5.74, 6) is -0.487. The molecule has 0 radical (unpaired) electrons. The molecule has 162 valence electrons. The largest absolute Gasteiger partial charge is 0.314 e. The zero-order valence-corrected chi connectivity index (χ0v) is 18.7. The Kier molecular flexibility index (Phi) is 5.72. The van der Waals surface area contributed by atoms with Gasteiger partial charge in [0.1, 0.15) is 0 Å². The number of fused-ring (bicyclic) bond motifs is 2. The van der Waals surface area contributed by atoms with E-state index in [9.17, 15) is 13.2 Å². The van der Waals surface area contributed by atoms with Crippen molar-refractivity contribution in [3.8, 4) is 0 Å². The summed E-state index contributed by atoms with van der Waals surface area (Å²) < 4.78 is 29.7. The third-order valence-electron chi connectivity index (χ3n) is 6.10. The quantitative estimate of drug-likeness (QED) is 0.703. The normalized spacial score (nSPS) is 15.5. The molecule has 0 atom stereocenters. The highest BCUT2D eigenvalue weighted by Gasteiger charge is 2.28. The van der Waals surface area contributed by atoms with Gasteiger partial charge in [0.05, 0.1) is 12.1 Å². The molecule has 2 aromatic rings. The molecule has 30 heavy (non-hydrogen) atoms. The van der Waals surface area contributed by atoms with E-state index in [2.05, 4.69) is 21.2 Å². The van der Waals surface area contributed by atoms with Crippen LogP contribution in [0.3, 0.4) is 0 Å². The number of carbonyl (C=O) groups excluding carboxylic acids is 1. The number of hydrogen-bond donors (Lipinski definition) is 2. The van der Waals surface area contributed by atoms with E-state index in [-0.39, 0.29) is 17.5 Å². The third kappa shape index (κ3) is 3.90. The second-order valence-electron chi connectivity index (χ2n) is 8.59. The van der Waals surface area contributed by atoms with Gasteiger partial charge < -0.3 is 5.32 Å². The highest BCUT2D eigenvalue weighted by Crippen LogP contribution is 2.35. The number of sulfonamides is 1. The van der Waals surface area contributed by atoms with Crippen LogP contribution in [0.15, 0.2) is 17.2 Å². The molecule has 0 fully saturated rings. The fourth-order valence-electron chi connectivity index (χ4n) is 4.85. The van der Waals surface area contributed by atoms with Gasteiger partial charge in [-0.1, -0.05) is 6.07 Å². The maximum atomic E-state index is 12.9. The Labute approximate surface area is 178 Å². The predicted octanol–water partition coefficient (Wildman–Crippen LogP) is 2.21. The molecule has 8 heteroatoms. The Morgan fingerprint density at radius 1 is 1.10 bits per heavy atom. The van der Waals surface area contributed by atoms with Gasteiger partial charge in [-0.3, -0.25) is 9.48 Å². The molecule has 1 aromatic carbocycles. The lowest BCUT2D eigenvalue weighted by Crippen LogP contribution is -2.32. The van der Waals surface area contributed by atoms with Gasteiger partial charge in [-0.2, -0.15) is 13.5 Å². The fourth-order valence-corrected chi connectivity index (χ4v) is 5.81.